The van der Waals surface area contributed by atoms with Crippen LogP contribution in [0.15, 0.2) is 70.3 Å². The second-order valence-electron chi connectivity index (χ2n) is 7.02. The minimum Gasteiger partial charge on any atom is -0.287 e. The van der Waals surface area contributed by atoms with E-state index in [1.165, 1.54) is 26.0 Å². The molecule has 144 valence electrons. The molecule has 0 N–H and O–H groups in total. The highest BCUT2D eigenvalue weighted by Crippen LogP contribution is 2.21. The summed E-state index contributed by atoms with van der Waals surface area (Å²) >= 11 is 1.38. The number of thiophene rings is 1. The predicted molar refractivity (Wildman–Crippen MR) is 119 cm³/mol. The molecule has 0 saturated carbocycles. The second-order valence-corrected chi connectivity index (χ2v) is 8.05. The zero-order valence-corrected chi connectivity index (χ0v) is 17.1. The summed E-state index contributed by atoms with van der Waals surface area (Å²) in [5, 5.41) is 0.535. The van der Waals surface area contributed by atoms with Crippen LogP contribution in [0, 0.1) is 18.8 Å². The first kappa shape index (κ1) is 19.0. The molecule has 4 nitrogen and oxygen atoms in total. The minimum atomic E-state index is -0.313. The van der Waals surface area contributed by atoms with Crippen molar-refractivity contribution in [3.63, 3.8) is 0 Å². The molecule has 0 bridgehead atoms. The summed E-state index contributed by atoms with van der Waals surface area (Å²) in [6.45, 7) is 2.32. The van der Waals surface area contributed by atoms with Crippen LogP contribution in [0.1, 0.15) is 21.6 Å². The zero-order chi connectivity index (χ0) is 20.4. The molecule has 0 aliphatic rings. The number of hydrogen-bond acceptors (Lipinski definition) is 3. The molecule has 29 heavy (non-hydrogen) atoms. The van der Waals surface area contributed by atoms with Crippen molar-refractivity contribution in [3.05, 3.63) is 103 Å². The predicted octanol–water partition coefficient (Wildman–Crippen LogP) is 3.71. The van der Waals surface area contributed by atoms with Gasteiger partial charge in [-0.1, -0.05) is 72.0 Å². The molecule has 0 aliphatic carbocycles. The Morgan fingerprint density at radius 2 is 1.72 bits per heavy atom. The van der Waals surface area contributed by atoms with Gasteiger partial charge >= 0.3 is 5.69 Å². The molecular formula is C24H20N2O2S. The molecule has 2 heterocycles. The van der Waals surface area contributed by atoms with Gasteiger partial charge in [-0.05, 0) is 24.1 Å². The molecular weight excluding hydrogens is 380 g/mol. The monoisotopic (exact) mass is 400 g/mol. The van der Waals surface area contributed by atoms with E-state index in [1.807, 2.05) is 36.4 Å². The average molecular weight is 401 g/mol. The molecule has 0 fully saturated rings. The molecule has 0 atom stereocenters. The highest BCUT2D eigenvalue weighted by Gasteiger charge is 2.14. The quantitative estimate of drug-likeness (QED) is 0.492. The number of benzene rings is 2. The van der Waals surface area contributed by atoms with Crippen molar-refractivity contribution < 1.29 is 0 Å². The summed E-state index contributed by atoms with van der Waals surface area (Å²) in [5.41, 5.74) is 2.71. The van der Waals surface area contributed by atoms with Gasteiger partial charge in [-0.15, -0.1) is 11.3 Å². The summed E-state index contributed by atoms with van der Waals surface area (Å²) in [5.74, 6) is 6.33. The Balaban J connectivity index is 1.70. The summed E-state index contributed by atoms with van der Waals surface area (Å²) in [6, 6.07) is 19.6. The first-order chi connectivity index (χ1) is 14.0. The molecule has 0 amide bonds. The topological polar surface area (TPSA) is 44.0 Å². The Labute approximate surface area is 172 Å². The Morgan fingerprint density at radius 1 is 0.966 bits per heavy atom. The fraction of sp³-hybridized carbons (Fsp3) is 0.167. The van der Waals surface area contributed by atoms with Crippen molar-refractivity contribution in [1.29, 1.82) is 0 Å². The Hall–Kier alpha value is -3.36. The summed E-state index contributed by atoms with van der Waals surface area (Å²) < 4.78 is 2.82. The van der Waals surface area contributed by atoms with Gasteiger partial charge in [0, 0.05) is 13.5 Å². The molecule has 0 spiro atoms. The largest absolute Gasteiger partial charge is 0.332 e. The summed E-state index contributed by atoms with van der Waals surface area (Å²) in [6.07, 6.45) is 0.646. The SMILES string of the molecule is Cc1cccc(CC#Cc2cc3c(=O)n(Cc4ccccc4)c(=O)n(C)c3s2)c1. The third-order valence-corrected chi connectivity index (χ3v) is 5.91. The van der Waals surface area contributed by atoms with Crippen molar-refractivity contribution in [1.82, 2.24) is 9.13 Å². The number of aryl methyl sites for hydroxylation is 2. The normalized spacial score (nSPS) is 10.7. The van der Waals surface area contributed by atoms with Crippen LogP contribution in [0.4, 0.5) is 0 Å². The van der Waals surface area contributed by atoms with Crippen LogP contribution in [0.2, 0.25) is 0 Å². The average Bonchev–Trinajstić information content (AvgIpc) is 3.15. The minimum absolute atomic E-state index is 0.256. The van der Waals surface area contributed by atoms with Gasteiger partial charge in [0.2, 0.25) is 0 Å². The standard InChI is InChI=1S/C24H20N2O2S/c1-17-8-6-11-18(14-17)12-7-13-20-15-21-22(27)26(16-19-9-4-3-5-10-19)24(28)25(2)23(21)29-20/h3-6,8-11,14-15H,12,16H2,1-2H3. The van der Waals surface area contributed by atoms with Gasteiger partial charge in [-0.3, -0.25) is 13.9 Å². The van der Waals surface area contributed by atoms with E-state index >= 15 is 0 Å². The van der Waals surface area contributed by atoms with Crippen LogP contribution < -0.4 is 11.2 Å². The fourth-order valence-electron chi connectivity index (χ4n) is 3.31. The number of aromatic nitrogens is 2. The molecule has 0 aliphatic heterocycles. The number of fused-ring (bicyclic) bond motifs is 1. The number of rotatable bonds is 3. The summed E-state index contributed by atoms with van der Waals surface area (Å²) in [4.78, 5) is 27.2. The van der Waals surface area contributed by atoms with Crippen molar-refractivity contribution in [3.8, 4) is 11.8 Å². The summed E-state index contributed by atoms with van der Waals surface area (Å²) in [7, 11) is 1.70. The van der Waals surface area contributed by atoms with Crippen molar-refractivity contribution >= 4 is 21.6 Å². The van der Waals surface area contributed by atoms with E-state index in [1.54, 1.807) is 13.1 Å². The lowest BCUT2D eigenvalue weighted by Gasteiger charge is -2.08. The van der Waals surface area contributed by atoms with E-state index in [9.17, 15) is 9.59 Å². The third-order valence-electron chi connectivity index (χ3n) is 4.78. The molecule has 4 rings (SSSR count). The van der Waals surface area contributed by atoms with Gasteiger partial charge < -0.3 is 0 Å². The maximum atomic E-state index is 13.0. The molecule has 2 aromatic carbocycles. The third kappa shape index (κ3) is 3.94. The van der Waals surface area contributed by atoms with Gasteiger partial charge in [-0.2, -0.15) is 0 Å². The van der Waals surface area contributed by atoms with Crippen LogP contribution in [-0.4, -0.2) is 9.13 Å². The van der Waals surface area contributed by atoms with Crippen molar-refractivity contribution in [2.45, 2.75) is 19.9 Å². The van der Waals surface area contributed by atoms with Crippen LogP contribution in [0.25, 0.3) is 10.2 Å². The van der Waals surface area contributed by atoms with Crippen LogP contribution in [0.3, 0.4) is 0 Å². The van der Waals surface area contributed by atoms with E-state index in [4.69, 9.17) is 0 Å². The van der Waals surface area contributed by atoms with E-state index in [0.29, 0.717) is 16.6 Å². The first-order valence-corrected chi connectivity index (χ1v) is 10.2. The molecule has 2 aromatic heterocycles. The number of hydrogen-bond donors (Lipinski definition) is 0. The maximum Gasteiger partial charge on any atom is 0.332 e. The fourth-order valence-corrected chi connectivity index (χ4v) is 4.29. The molecule has 0 saturated heterocycles. The number of nitrogens with zero attached hydrogens (tertiary/aromatic N) is 2. The Kier molecular flexibility index (Phi) is 5.20. The van der Waals surface area contributed by atoms with Gasteiger partial charge in [0.1, 0.15) is 4.83 Å². The Bertz CT molecular complexity index is 1370. The first-order valence-electron chi connectivity index (χ1n) is 9.34. The van der Waals surface area contributed by atoms with E-state index < -0.39 is 0 Å². The molecule has 0 unspecified atom stereocenters. The lowest BCUT2D eigenvalue weighted by atomic mass is 10.1. The van der Waals surface area contributed by atoms with Crippen LogP contribution in [-0.2, 0) is 20.0 Å². The maximum absolute atomic E-state index is 13.0. The lowest BCUT2D eigenvalue weighted by molar-refractivity contribution is 0.663. The molecule has 0 radical (unpaired) electrons. The van der Waals surface area contributed by atoms with Crippen LogP contribution in [0.5, 0.6) is 0 Å². The zero-order valence-electron chi connectivity index (χ0n) is 16.3. The van der Waals surface area contributed by atoms with Gasteiger partial charge in [0.15, 0.2) is 0 Å². The lowest BCUT2D eigenvalue weighted by Crippen LogP contribution is -2.38. The highest BCUT2D eigenvalue weighted by atomic mass is 32.1. The van der Waals surface area contributed by atoms with Crippen LogP contribution >= 0.6 is 11.3 Å². The van der Waals surface area contributed by atoms with Gasteiger partial charge in [-0.25, -0.2) is 4.79 Å². The second kappa shape index (κ2) is 7.94. The molecule has 4 aromatic rings. The smallest absolute Gasteiger partial charge is 0.287 e. The van der Waals surface area contributed by atoms with Gasteiger partial charge in [0.25, 0.3) is 5.56 Å². The van der Waals surface area contributed by atoms with Crippen molar-refractivity contribution in [2.24, 2.45) is 7.05 Å². The van der Waals surface area contributed by atoms with E-state index in [0.717, 1.165) is 16.0 Å². The molecule has 5 heteroatoms. The van der Waals surface area contributed by atoms with E-state index in [-0.39, 0.29) is 17.8 Å². The Morgan fingerprint density at radius 3 is 2.48 bits per heavy atom. The van der Waals surface area contributed by atoms with Crippen molar-refractivity contribution in [2.75, 3.05) is 0 Å². The highest BCUT2D eigenvalue weighted by molar-refractivity contribution is 7.19. The van der Waals surface area contributed by atoms with Gasteiger partial charge in [0.05, 0.1) is 16.8 Å². The van der Waals surface area contributed by atoms with E-state index in [2.05, 4.69) is 37.0 Å².